The third-order valence-electron chi connectivity index (χ3n) is 1.41. The summed E-state index contributed by atoms with van der Waals surface area (Å²) in [5.74, 6) is 0. The first-order valence-corrected chi connectivity index (χ1v) is 4.06. The van der Waals surface area contributed by atoms with Gasteiger partial charge in [0.25, 0.3) is 0 Å². The van der Waals surface area contributed by atoms with E-state index in [1.54, 1.807) is 0 Å². The van der Waals surface area contributed by atoms with E-state index in [4.69, 9.17) is 0 Å². The molecule has 1 aromatic carbocycles. The Kier molecular flexibility index (Phi) is 5.38. The second-order valence-electron chi connectivity index (χ2n) is 2.91. The maximum absolute atomic E-state index is 4.26. The number of thiol groups is 1. The molecule has 0 N–H and O–H groups in total. The number of nitrogens with zero attached hydrogens (tertiary/aromatic N) is 1. The Morgan fingerprint density at radius 1 is 1.33 bits per heavy atom. The van der Waals surface area contributed by atoms with Crippen molar-refractivity contribution in [1.29, 1.82) is 0 Å². The van der Waals surface area contributed by atoms with Gasteiger partial charge in [0.15, 0.2) is 0 Å². The van der Waals surface area contributed by atoms with Crippen molar-refractivity contribution in [2.24, 2.45) is 0 Å². The lowest BCUT2D eigenvalue weighted by molar-refractivity contribution is 0.402. The van der Waals surface area contributed by atoms with Crippen molar-refractivity contribution >= 4 is 25.0 Å². The van der Waals surface area contributed by atoms with Gasteiger partial charge in [0, 0.05) is 11.4 Å². The second kappa shape index (κ2) is 5.46. The minimum Gasteiger partial charge on any atom is -0.305 e. The molecule has 0 aliphatic rings. The molecular formula is C9H14ClNS. The van der Waals surface area contributed by atoms with Crippen molar-refractivity contribution in [3.63, 3.8) is 0 Å². The lowest BCUT2D eigenvalue weighted by atomic mass is 10.2. The summed E-state index contributed by atoms with van der Waals surface area (Å²) in [6, 6.07) is 8.21. The van der Waals surface area contributed by atoms with E-state index in [-0.39, 0.29) is 12.4 Å². The number of rotatable bonds is 2. The lowest BCUT2D eigenvalue weighted by Crippen LogP contribution is -2.10. The minimum atomic E-state index is 0. The van der Waals surface area contributed by atoms with Crippen LogP contribution in [0, 0.1) is 0 Å². The van der Waals surface area contributed by atoms with Crippen LogP contribution >= 0.6 is 25.0 Å². The van der Waals surface area contributed by atoms with Crippen LogP contribution in [-0.2, 0) is 6.54 Å². The van der Waals surface area contributed by atoms with Crippen LogP contribution in [0.1, 0.15) is 5.56 Å². The van der Waals surface area contributed by atoms with Gasteiger partial charge in [-0.1, -0.05) is 12.1 Å². The van der Waals surface area contributed by atoms with E-state index in [1.165, 1.54) is 5.56 Å². The molecule has 1 rings (SSSR count). The molecule has 0 aliphatic heterocycles. The van der Waals surface area contributed by atoms with Gasteiger partial charge in [-0.25, -0.2) is 0 Å². The second-order valence-corrected chi connectivity index (χ2v) is 3.42. The molecule has 0 saturated carbocycles. The van der Waals surface area contributed by atoms with E-state index in [1.807, 2.05) is 12.1 Å². The summed E-state index contributed by atoms with van der Waals surface area (Å²) in [6.45, 7) is 0.981. The Bertz CT molecular complexity index is 238. The largest absolute Gasteiger partial charge is 0.305 e. The van der Waals surface area contributed by atoms with Crippen molar-refractivity contribution in [2.75, 3.05) is 14.1 Å². The third kappa shape index (κ3) is 4.00. The number of hydrogen-bond donors (Lipinski definition) is 1. The summed E-state index contributed by atoms with van der Waals surface area (Å²) in [5, 5.41) is 0. The monoisotopic (exact) mass is 203 g/mol. The Balaban J connectivity index is 0.00000121. The summed E-state index contributed by atoms with van der Waals surface area (Å²) in [5.41, 5.74) is 1.31. The van der Waals surface area contributed by atoms with Gasteiger partial charge in [-0.3, -0.25) is 0 Å². The molecule has 1 nitrogen and oxygen atoms in total. The molecule has 0 unspecified atom stereocenters. The Morgan fingerprint density at radius 3 is 2.50 bits per heavy atom. The molecule has 1 aromatic rings. The standard InChI is InChI=1S/C9H13NS.ClH/c1-10(2)7-8-4-3-5-9(11)6-8;/h3-6,11H,7H2,1-2H3;1H. The van der Waals surface area contributed by atoms with Gasteiger partial charge in [0.1, 0.15) is 0 Å². The maximum Gasteiger partial charge on any atom is 0.0228 e. The molecule has 12 heavy (non-hydrogen) atoms. The van der Waals surface area contributed by atoms with Gasteiger partial charge in [-0.05, 0) is 31.8 Å². The normalized spacial score (nSPS) is 9.67. The molecule has 0 spiro atoms. The fourth-order valence-corrected chi connectivity index (χ4v) is 1.27. The number of halogens is 1. The molecule has 0 heterocycles. The topological polar surface area (TPSA) is 3.24 Å². The van der Waals surface area contributed by atoms with Crippen LogP contribution in [0.2, 0.25) is 0 Å². The van der Waals surface area contributed by atoms with Crippen molar-refractivity contribution < 1.29 is 0 Å². The van der Waals surface area contributed by atoms with Crippen LogP contribution in [0.25, 0.3) is 0 Å². The van der Waals surface area contributed by atoms with Gasteiger partial charge >= 0.3 is 0 Å². The van der Waals surface area contributed by atoms with Crippen molar-refractivity contribution in [2.45, 2.75) is 11.4 Å². The summed E-state index contributed by atoms with van der Waals surface area (Å²) < 4.78 is 0. The van der Waals surface area contributed by atoms with Crippen LogP contribution < -0.4 is 0 Å². The highest BCUT2D eigenvalue weighted by Gasteiger charge is 1.93. The quantitative estimate of drug-likeness (QED) is 0.723. The maximum atomic E-state index is 4.26. The van der Waals surface area contributed by atoms with Gasteiger partial charge < -0.3 is 4.90 Å². The average molecular weight is 204 g/mol. The zero-order chi connectivity index (χ0) is 8.27. The van der Waals surface area contributed by atoms with Crippen molar-refractivity contribution in [1.82, 2.24) is 4.90 Å². The molecule has 68 valence electrons. The molecule has 0 saturated heterocycles. The first-order valence-electron chi connectivity index (χ1n) is 3.61. The highest BCUT2D eigenvalue weighted by atomic mass is 35.5. The average Bonchev–Trinajstić information content (AvgIpc) is 1.85. The minimum absolute atomic E-state index is 0. The lowest BCUT2D eigenvalue weighted by Gasteiger charge is -2.09. The third-order valence-corrected chi connectivity index (χ3v) is 1.69. The zero-order valence-electron chi connectivity index (χ0n) is 7.32. The van der Waals surface area contributed by atoms with Crippen LogP contribution in [0.5, 0.6) is 0 Å². The molecule has 0 aromatic heterocycles. The summed E-state index contributed by atoms with van der Waals surface area (Å²) in [4.78, 5) is 3.17. The molecular weight excluding hydrogens is 190 g/mol. The predicted octanol–water partition coefficient (Wildman–Crippen LogP) is 2.46. The number of hydrogen-bond acceptors (Lipinski definition) is 2. The van der Waals surface area contributed by atoms with Crippen LogP contribution in [0.4, 0.5) is 0 Å². The summed E-state index contributed by atoms with van der Waals surface area (Å²) in [7, 11) is 4.12. The Hall–Kier alpha value is -0.180. The molecule has 0 fully saturated rings. The molecule has 0 bridgehead atoms. The van der Waals surface area contributed by atoms with Crippen molar-refractivity contribution in [3.8, 4) is 0 Å². The molecule has 0 radical (unpaired) electrons. The van der Waals surface area contributed by atoms with E-state index >= 15 is 0 Å². The smallest absolute Gasteiger partial charge is 0.0228 e. The first kappa shape index (κ1) is 11.8. The summed E-state index contributed by atoms with van der Waals surface area (Å²) in [6.07, 6.45) is 0. The van der Waals surface area contributed by atoms with Gasteiger partial charge in [-0.2, -0.15) is 0 Å². The van der Waals surface area contributed by atoms with Crippen LogP contribution in [0.3, 0.4) is 0 Å². The Morgan fingerprint density at radius 2 is 2.00 bits per heavy atom. The van der Waals surface area contributed by atoms with E-state index in [2.05, 4.69) is 43.8 Å². The van der Waals surface area contributed by atoms with Crippen LogP contribution in [-0.4, -0.2) is 19.0 Å². The SMILES string of the molecule is CN(C)Cc1cccc(S)c1.Cl. The summed E-state index contributed by atoms with van der Waals surface area (Å²) >= 11 is 4.26. The molecule has 0 amide bonds. The Labute approximate surface area is 85.6 Å². The van der Waals surface area contributed by atoms with E-state index in [0.717, 1.165) is 11.4 Å². The van der Waals surface area contributed by atoms with Crippen LogP contribution in [0.15, 0.2) is 29.2 Å². The zero-order valence-corrected chi connectivity index (χ0v) is 9.03. The highest BCUT2D eigenvalue weighted by Crippen LogP contribution is 2.09. The highest BCUT2D eigenvalue weighted by molar-refractivity contribution is 7.80. The molecule has 0 atom stereocenters. The van der Waals surface area contributed by atoms with Gasteiger partial charge in [-0.15, -0.1) is 25.0 Å². The van der Waals surface area contributed by atoms with Crippen molar-refractivity contribution in [3.05, 3.63) is 29.8 Å². The predicted molar refractivity (Wildman–Crippen MR) is 58.3 cm³/mol. The first-order chi connectivity index (χ1) is 5.18. The fourth-order valence-electron chi connectivity index (χ4n) is 1.02. The molecule has 0 aliphatic carbocycles. The molecule has 3 heteroatoms. The number of benzene rings is 1. The fraction of sp³-hybridized carbons (Fsp3) is 0.333. The van der Waals surface area contributed by atoms with Gasteiger partial charge in [0.05, 0.1) is 0 Å². The van der Waals surface area contributed by atoms with E-state index in [9.17, 15) is 0 Å². The van der Waals surface area contributed by atoms with E-state index < -0.39 is 0 Å². The van der Waals surface area contributed by atoms with E-state index in [0.29, 0.717) is 0 Å². The van der Waals surface area contributed by atoms with Gasteiger partial charge in [0.2, 0.25) is 0 Å².